The summed E-state index contributed by atoms with van der Waals surface area (Å²) in [6, 6.07) is 16.8. The van der Waals surface area contributed by atoms with Crippen molar-refractivity contribution >= 4 is 11.5 Å². The van der Waals surface area contributed by atoms with Gasteiger partial charge >= 0.3 is 0 Å². The SMILES string of the molecule is CCc1ccc(CC(CC)(C(=O)c2ccc(N3CCOCC3)cc2)N(C)C)cc1. The summed E-state index contributed by atoms with van der Waals surface area (Å²) in [5.74, 6) is 0.193. The van der Waals surface area contributed by atoms with Crippen molar-refractivity contribution in [2.24, 2.45) is 0 Å². The molecular formula is C25H34N2O2. The van der Waals surface area contributed by atoms with Crippen LogP contribution < -0.4 is 4.90 Å². The molecule has 0 aliphatic carbocycles. The fourth-order valence-corrected chi connectivity index (χ4v) is 4.19. The molecule has 0 saturated carbocycles. The summed E-state index contributed by atoms with van der Waals surface area (Å²) in [6.45, 7) is 7.60. The van der Waals surface area contributed by atoms with Crippen LogP contribution in [0.2, 0.25) is 0 Å². The molecule has 0 N–H and O–H groups in total. The third-order valence-electron chi connectivity index (χ3n) is 6.30. The van der Waals surface area contributed by atoms with E-state index < -0.39 is 5.54 Å². The number of benzene rings is 2. The van der Waals surface area contributed by atoms with Crippen LogP contribution in [-0.4, -0.2) is 56.6 Å². The third-order valence-corrected chi connectivity index (χ3v) is 6.30. The van der Waals surface area contributed by atoms with Crippen LogP contribution in [-0.2, 0) is 17.6 Å². The Bertz CT molecular complexity index is 793. The molecule has 2 aromatic carbocycles. The van der Waals surface area contributed by atoms with Gasteiger partial charge in [0.25, 0.3) is 0 Å². The Morgan fingerprint density at radius 1 is 0.966 bits per heavy atom. The van der Waals surface area contributed by atoms with Crippen LogP contribution in [0.1, 0.15) is 41.8 Å². The fourth-order valence-electron chi connectivity index (χ4n) is 4.19. The molecular weight excluding hydrogens is 360 g/mol. The second-order valence-electron chi connectivity index (χ2n) is 8.10. The molecule has 4 heteroatoms. The molecule has 1 atom stereocenters. The predicted molar refractivity (Wildman–Crippen MR) is 120 cm³/mol. The van der Waals surface area contributed by atoms with Crippen molar-refractivity contribution in [3.8, 4) is 0 Å². The minimum absolute atomic E-state index is 0.193. The first-order valence-corrected chi connectivity index (χ1v) is 10.7. The maximum Gasteiger partial charge on any atom is 0.183 e. The molecule has 1 aliphatic rings. The number of hydrogen-bond acceptors (Lipinski definition) is 4. The van der Waals surface area contributed by atoms with E-state index in [9.17, 15) is 4.79 Å². The maximum atomic E-state index is 13.7. The Kier molecular flexibility index (Phi) is 7.09. The zero-order chi connectivity index (χ0) is 20.9. The minimum Gasteiger partial charge on any atom is -0.378 e. The third kappa shape index (κ3) is 4.71. The molecule has 1 aliphatic heterocycles. The molecule has 29 heavy (non-hydrogen) atoms. The van der Waals surface area contributed by atoms with E-state index in [0.29, 0.717) is 6.42 Å². The fraction of sp³-hybridized carbons (Fsp3) is 0.480. The monoisotopic (exact) mass is 394 g/mol. The van der Waals surface area contributed by atoms with E-state index in [2.05, 4.69) is 60.0 Å². The standard InChI is InChI=1S/C25H34N2O2/c1-5-20-7-9-21(10-8-20)19-25(6-2,26(3)4)24(28)22-11-13-23(14-12-22)27-15-17-29-18-16-27/h7-14H,5-6,15-19H2,1-4H3. The van der Waals surface area contributed by atoms with E-state index in [4.69, 9.17) is 4.74 Å². The molecule has 0 bridgehead atoms. The summed E-state index contributed by atoms with van der Waals surface area (Å²) in [5, 5.41) is 0. The van der Waals surface area contributed by atoms with Crippen molar-refractivity contribution in [3.05, 3.63) is 65.2 Å². The first-order chi connectivity index (χ1) is 14.0. The average Bonchev–Trinajstić information content (AvgIpc) is 2.78. The molecule has 0 amide bonds. The number of likely N-dealkylation sites (N-methyl/N-ethyl adjacent to an activating group) is 1. The van der Waals surface area contributed by atoms with E-state index >= 15 is 0 Å². The zero-order valence-corrected chi connectivity index (χ0v) is 18.3. The van der Waals surface area contributed by atoms with Crippen molar-refractivity contribution in [3.63, 3.8) is 0 Å². The quantitative estimate of drug-likeness (QED) is 0.628. The smallest absolute Gasteiger partial charge is 0.183 e. The Morgan fingerprint density at radius 2 is 1.55 bits per heavy atom. The van der Waals surface area contributed by atoms with Crippen molar-refractivity contribution in [1.82, 2.24) is 4.90 Å². The number of hydrogen-bond donors (Lipinski definition) is 0. The molecule has 156 valence electrons. The summed E-state index contributed by atoms with van der Waals surface area (Å²) < 4.78 is 5.44. The lowest BCUT2D eigenvalue weighted by Gasteiger charge is -2.38. The summed E-state index contributed by atoms with van der Waals surface area (Å²) in [6.07, 6.45) is 2.51. The van der Waals surface area contributed by atoms with Gasteiger partial charge in [0.15, 0.2) is 5.78 Å². The highest BCUT2D eigenvalue weighted by Crippen LogP contribution is 2.29. The number of morpholine rings is 1. The van der Waals surface area contributed by atoms with Crippen molar-refractivity contribution in [1.29, 1.82) is 0 Å². The summed E-state index contributed by atoms with van der Waals surface area (Å²) >= 11 is 0. The Balaban J connectivity index is 1.84. The second kappa shape index (κ2) is 9.55. The molecule has 0 spiro atoms. The zero-order valence-electron chi connectivity index (χ0n) is 18.3. The first-order valence-electron chi connectivity index (χ1n) is 10.7. The molecule has 3 rings (SSSR count). The van der Waals surface area contributed by atoms with Crippen LogP contribution in [0.25, 0.3) is 0 Å². The van der Waals surface area contributed by atoms with Gasteiger partial charge in [-0.05, 0) is 68.8 Å². The van der Waals surface area contributed by atoms with E-state index in [1.165, 1.54) is 11.1 Å². The van der Waals surface area contributed by atoms with Gasteiger partial charge in [-0.15, -0.1) is 0 Å². The largest absolute Gasteiger partial charge is 0.378 e. The van der Waals surface area contributed by atoms with Gasteiger partial charge in [0.05, 0.1) is 18.8 Å². The van der Waals surface area contributed by atoms with Gasteiger partial charge in [0.1, 0.15) is 0 Å². The van der Waals surface area contributed by atoms with Gasteiger partial charge in [-0.2, -0.15) is 0 Å². The molecule has 2 aromatic rings. The number of anilines is 1. The van der Waals surface area contributed by atoms with Crippen LogP contribution in [0.5, 0.6) is 0 Å². The van der Waals surface area contributed by atoms with Crippen LogP contribution >= 0.6 is 0 Å². The average molecular weight is 395 g/mol. The molecule has 4 nitrogen and oxygen atoms in total. The summed E-state index contributed by atoms with van der Waals surface area (Å²) in [7, 11) is 4.04. The Hall–Kier alpha value is -2.17. The first kappa shape index (κ1) is 21.5. The molecule has 0 radical (unpaired) electrons. The van der Waals surface area contributed by atoms with E-state index in [1.807, 2.05) is 26.2 Å². The van der Waals surface area contributed by atoms with E-state index in [0.717, 1.165) is 50.4 Å². The van der Waals surface area contributed by atoms with Crippen molar-refractivity contribution in [2.45, 2.75) is 38.6 Å². The van der Waals surface area contributed by atoms with Gasteiger partial charge < -0.3 is 9.64 Å². The second-order valence-corrected chi connectivity index (χ2v) is 8.10. The number of rotatable bonds is 8. The van der Waals surface area contributed by atoms with Gasteiger partial charge in [0, 0.05) is 24.3 Å². The van der Waals surface area contributed by atoms with Crippen LogP contribution in [0.4, 0.5) is 5.69 Å². The summed E-state index contributed by atoms with van der Waals surface area (Å²) in [5.41, 5.74) is 3.92. The number of nitrogens with zero attached hydrogens (tertiary/aromatic N) is 2. The van der Waals surface area contributed by atoms with E-state index in [-0.39, 0.29) is 5.78 Å². The Labute approximate surface area is 175 Å². The highest BCUT2D eigenvalue weighted by molar-refractivity contribution is 6.03. The van der Waals surface area contributed by atoms with Crippen LogP contribution in [0.3, 0.4) is 0 Å². The highest BCUT2D eigenvalue weighted by atomic mass is 16.5. The van der Waals surface area contributed by atoms with Gasteiger partial charge in [-0.3, -0.25) is 9.69 Å². The lowest BCUT2D eigenvalue weighted by Crippen LogP contribution is -2.52. The minimum atomic E-state index is -0.547. The molecule has 1 saturated heterocycles. The van der Waals surface area contributed by atoms with Gasteiger partial charge in [-0.25, -0.2) is 0 Å². The number of carbonyl (C=O) groups excluding carboxylic acids is 1. The van der Waals surface area contributed by atoms with Crippen LogP contribution in [0, 0.1) is 0 Å². The predicted octanol–water partition coefficient (Wildman–Crippen LogP) is 4.22. The van der Waals surface area contributed by atoms with Crippen molar-refractivity contribution in [2.75, 3.05) is 45.3 Å². The van der Waals surface area contributed by atoms with Gasteiger partial charge in [0.2, 0.25) is 0 Å². The topological polar surface area (TPSA) is 32.8 Å². The lowest BCUT2D eigenvalue weighted by molar-refractivity contribution is 0.0666. The highest BCUT2D eigenvalue weighted by Gasteiger charge is 2.39. The number of carbonyl (C=O) groups is 1. The molecule has 1 heterocycles. The normalized spacial score (nSPS) is 16.7. The summed E-state index contributed by atoms with van der Waals surface area (Å²) in [4.78, 5) is 18.1. The Morgan fingerprint density at radius 3 is 2.07 bits per heavy atom. The number of aryl methyl sites for hydroxylation is 1. The number of ketones is 1. The van der Waals surface area contributed by atoms with Crippen molar-refractivity contribution < 1.29 is 9.53 Å². The van der Waals surface area contributed by atoms with Crippen LogP contribution in [0.15, 0.2) is 48.5 Å². The molecule has 1 fully saturated rings. The number of Topliss-reactive ketones (excluding diaryl/α,β-unsaturated/α-hetero) is 1. The maximum absolute atomic E-state index is 13.7. The van der Waals surface area contributed by atoms with E-state index in [1.54, 1.807) is 0 Å². The molecule has 1 unspecified atom stereocenters. The van der Waals surface area contributed by atoms with Gasteiger partial charge in [-0.1, -0.05) is 38.1 Å². The number of ether oxygens (including phenoxy) is 1. The lowest BCUT2D eigenvalue weighted by atomic mass is 9.80. The molecule has 0 aromatic heterocycles.